The van der Waals surface area contributed by atoms with Gasteiger partial charge in [0.1, 0.15) is 11.4 Å². The van der Waals surface area contributed by atoms with E-state index in [4.69, 9.17) is 5.41 Å². The van der Waals surface area contributed by atoms with Gasteiger partial charge in [-0.2, -0.15) is 8.78 Å². The number of amides is 1. The summed E-state index contributed by atoms with van der Waals surface area (Å²) >= 11 is 0. The molecule has 2 aliphatic rings. The topological polar surface area (TPSA) is 124 Å². The molecule has 1 amide bonds. The first kappa shape index (κ1) is 21.9. The Morgan fingerprint density at radius 2 is 2.12 bits per heavy atom. The van der Waals surface area contributed by atoms with Crippen LogP contribution in [0.15, 0.2) is 36.5 Å². The summed E-state index contributed by atoms with van der Waals surface area (Å²) in [5.41, 5.74) is 1.14. The van der Waals surface area contributed by atoms with Crippen LogP contribution in [0.25, 0.3) is 0 Å². The second-order valence-electron chi connectivity index (χ2n) is 7.72. The third-order valence-corrected chi connectivity index (χ3v) is 7.52. The number of rotatable bonds is 4. The van der Waals surface area contributed by atoms with Gasteiger partial charge in [0.25, 0.3) is 5.91 Å². The van der Waals surface area contributed by atoms with Crippen LogP contribution in [0.4, 0.5) is 14.5 Å². The maximum absolute atomic E-state index is 12.6. The van der Waals surface area contributed by atoms with Gasteiger partial charge in [-0.05, 0) is 54.7 Å². The van der Waals surface area contributed by atoms with E-state index in [1.54, 1.807) is 12.1 Å². The Kier molecular flexibility index (Phi) is 5.49. The molecule has 32 heavy (non-hydrogen) atoms. The van der Waals surface area contributed by atoms with E-state index in [1.807, 2.05) is 6.07 Å². The molecule has 1 aliphatic heterocycles. The number of aromatic nitrogens is 1. The van der Waals surface area contributed by atoms with Crippen LogP contribution in [0.3, 0.4) is 0 Å². The summed E-state index contributed by atoms with van der Waals surface area (Å²) in [5.74, 6) is -1.12. The van der Waals surface area contributed by atoms with Gasteiger partial charge in [-0.25, -0.2) is 17.7 Å². The molecule has 1 atom stereocenters. The number of halogens is 2. The SMILES string of the molecule is CN1C(=N)N[C@@]2(CCCc3ccc(NC(=O)c4ccc(OC(F)F)cn4)cc32)CS1(=O)=O. The number of carbonyl (C=O) groups excluding carboxylic acids is 1. The number of guanidine groups is 1. The van der Waals surface area contributed by atoms with Gasteiger partial charge in [0.2, 0.25) is 16.0 Å². The highest BCUT2D eigenvalue weighted by molar-refractivity contribution is 7.89. The highest BCUT2D eigenvalue weighted by Gasteiger charge is 2.47. The molecule has 4 rings (SSSR count). The van der Waals surface area contributed by atoms with Crippen molar-refractivity contribution in [2.24, 2.45) is 0 Å². The molecule has 9 nitrogen and oxygen atoms in total. The molecule has 12 heteroatoms. The Balaban J connectivity index is 1.60. The molecule has 3 N–H and O–H groups in total. The number of pyridine rings is 1. The van der Waals surface area contributed by atoms with Crippen molar-refractivity contribution in [1.29, 1.82) is 5.41 Å². The van der Waals surface area contributed by atoms with Crippen molar-refractivity contribution >= 4 is 27.6 Å². The Morgan fingerprint density at radius 1 is 1.34 bits per heavy atom. The van der Waals surface area contributed by atoms with Gasteiger partial charge < -0.3 is 15.4 Å². The lowest BCUT2D eigenvalue weighted by Crippen LogP contribution is -2.63. The zero-order valence-corrected chi connectivity index (χ0v) is 17.9. The number of fused-ring (bicyclic) bond motifs is 2. The van der Waals surface area contributed by atoms with Gasteiger partial charge in [-0.1, -0.05) is 6.07 Å². The molecule has 1 aromatic heterocycles. The second kappa shape index (κ2) is 8.01. The van der Waals surface area contributed by atoms with Crippen LogP contribution < -0.4 is 15.4 Å². The molecular weight excluding hydrogens is 444 g/mol. The quantitative estimate of drug-likeness (QED) is 0.636. The summed E-state index contributed by atoms with van der Waals surface area (Å²) in [7, 11) is -2.33. The molecule has 1 spiro atoms. The van der Waals surface area contributed by atoms with Crippen LogP contribution in [-0.2, 0) is 22.0 Å². The molecule has 0 bridgehead atoms. The van der Waals surface area contributed by atoms with E-state index in [0.29, 0.717) is 12.1 Å². The fourth-order valence-corrected chi connectivity index (χ4v) is 5.60. The lowest BCUT2D eigenvalue weighted by atomic mass is 9.77. The first-order valence-corrected chi connectivity index (χ1v) is 11.4. The smallest absolute Gasteiger partial charge is 0.387 e. The normalized spacial score (nSPS) is 21.8. The van der Waals surface area contributed by atoms with Crippen LogP contribution >= 0.6 is 0 Å². The number of nitrogens with zero attached hydrogens (tertiary/aromatic N) is 2. The van der Waals surface area contributed by atoms with Crippen molar-refractivity contribution in [2.75, 3.05) is 18.1 Å². The van der Waals surface area contributed by atoms with Gasteiger partial charge in [0, 0.05) is 12.7 Å². The highest BCUT2D eigenvalue weighted by Crippen LogP contribution is 2.40. The highest BCUT2D eigenvalue weighted by atomic mass is 32.2. The van der Waals surface area contributed by atoms with Gasteiger partial charge >= 0.3 is 6.61 Å². The number of nitrogens with one attached hydrogen (secondary N) is 3. The Morgan fingerprint density at radius 3 is 2.78 bits per heavy atom. The Labute approximate surface area is 183 Å². The number of benzene rings is 1. The predicted molar refractivity (Wildman–Crippen MR) is 112 cm³/mol. The van der Waals surface area contributed by atoms with Gasteiger partial charge in [0.15, 0.2) is 0 Å². The second-order valence-corrected chi connectivity index (χ2v) is 9.72. The fraction of sp³-hybridized carbons (Fsp3) is 0.350. The summed E-state index contributed by atoms with van der Waals surface area (Å²) in [6.07, 6.45) is 3.07. The van der Waals surface area contributed by atoms with E-state index >= 15 is 0 Å². The minimum atomic E-state index is -3.67. The average molecular weight is 465 g/mol. The van der Waals surface area contributed by atoms with Crippen molar-refractivity contribution < 1.29 is 26.7 Å². The molecule has 1 aromatic carbocycles. The van der Waals surface area contributed by atoms with Crippen LogP contribution in [0.2, 0.25) is 0 Å². The monoisotopic (exact) mass is 465 g/mol. The predicted octanol–water partition coefficient (Wildman–Crippen LogP) is 2.27. The minimum absolute atomic E-state index is 0.000761. The van der Waals surface area contributed by atoms with Crippen molar-refractivity contribution in [3.63, 3.8) is 0 Å². The van der Waals surface area contributed by atoms with Crippen LogP contribution in [0.1, 0.15) is 34.5 Å². The van der Waals surface area contributed by atoms with E-state index in [9.17, 15) is 22.0 Å². The maximum Gasteiger partial charge on any atom is 0.387 e. The lowest BCUT2D eigenvalue weighted by Gasteiger charge is -2.45. The number of ether oxygens (including phenoxy) is 1. The van der Waals surface area contributed by atoms with E-state index in [0.717, 1.165) is 34.5 Å². The van der Waals surface area contributed by atoms with Gasteiger partial charge in [-0.15, -0.1) is 0 Å². The number of hydrogen-bond acceptors (Lipinski definition) is 6. The van der Waals surface area contributed by atoms with Crippen molar-refractivity contribution in [3.8, 4) is 5.75 Å². The molecular formula is C20H21F2N5O4S. The van der Waals surface area contributed by atoms with Crippen molar-refractivity contribution in [1.82, 2.24) is 14.6 Å². The standard InChI is InChI=1S/C20H21F2N5O4S/c1-27-19(23)26-20(11-32(27,29)30)8-2-3-12-4-5-13(9-15(12)20)25-17(28)16-7-6-14(10-24-16)31-18(21)22/h4-7,9-10,18H,2-3,8,11H2,1H3,(H2,23,26)(H,25,28)/t20-/m0/s1. The number of hydrogen-bond donors (Lipinski definition) is 3. The number of sulfonamides is 1. The Bertz CT molecular complexity index is 1170. The zero-order valence-electron chi connectivity index (χ0n) is 17.1. The zero-order chi connectivity index (χ0) is 23.1. The summed E-state index contributed by atoms with van der Waals surface area (Å²) < 4.78 is 54.9. The van der Waals surface area contributed by atoms with E-state index < -0.39 is 28.1 Å². The number of carbonyl (C=O) groups is 1. The van der Waals surface area contributed by atoms with Crippen molar-refractivity contribution in [2.45, 2.75) is 31.4 Å². The van der Waals surface area contributed by atoms with Crippen LogP contribution in [-0.4, -0.2) is 49.0 Å². The Hall–Kier alpha value is -3.28. The molecule has 0 saturated carbocycles. The van der Waals surface area contributed by atoms with E-state index in [2.05, 4.69) is 20.4 Å². The molecule has 2 heterocycles. The minimum Gasteiger partial charge on any atom is -0.433 e. The molecule has 0 unspecified atom stereocenters. The molecule has 170 valence electrons. The fourth-order valence-electron chi connectivity index (χ4n) is 4.08. The first-order chi connectivity index (χ1) is 15.1. The summed E-state index contributed by atoms with van der Waals surface area (Å²) in [4.78, 5) is 16.4. The number of aryl methyl sites for hydroxylation is 1. The molecule has 2 aromatic rings. The largest absolute Gasteiger partial charge is 0.433 e. The molecule has 0 radical (unpaired) electrons. The van der Waals surface area contributed by atoms with Gasteiger partial charge in [-0.3, -0.25) is 10.2 Å². The van der Waals surface area contributed by atoms with Crippen LogP contribution in [0, 0.1) is 5.41 Å². The molecule has 1 aliphatic carbocycles. The average Bonchev–Trinajstić information content (AvgIpc) is 2.72. The van der Waals surface area contributed by atoms with Gasteiger partial charge in [0.05, 0.1) is 17.5 Å². The molecule has 1 saturated heterocycles. The lowest BCUT2D eigenvalue weighted by molar-refractivity contribution is -0.0500. The summed E-state index contributed by atoms with van der Waals surface area (Å²) in [6, 6.07) is 7.73. The number of alkyl halides is 2. The first-order valence-electron chi connectivity index (χ1n) is 9.79. The molecule has 1 fully saturated rings. The van der Waals surface area contributed by atoms with E-state index in [1.165, 1.54) is 19.2 Å². The number of anilines is 1. The summed E-state index contributed by atoms with van der Waals surface area (Å²) in [5, 5.41) is 13.8. The third kappa shape index (κ3) is 4.09. The van der Waals surface area contributed by atoms with E-state index in [-0.39, 0.29) is 23.2 Å². The van der Waals surface area contributed by atoms with Crippen LogP contribution in [0.5, 0.6) is 5.75 Å². The third-order valence-electron chi connectivity index (χ3n) is 5.65. The summed E-state index contributed by atoms with van der Waals surface area (Å²) in [6.45, 7) is -2.99. The maximum atomic E-state index is 12.6. The van der Waals surface area contributed by atoms with Crippen molar-refractivity contribution in [3.05, 3.63) is 53.3 Å².